The van der Waals surface area contributed by atoms with Gasteiger partial charge in [-0.05, 0) is 30.3 Å². The average molecular weight is 432 g/mol. The number of benzene rings is 2. The van der Waals surface area contributed by atoms with E-state index in [2.05, 4.69) is 5.32 Å². The minimum atomic E-state index is -3.70. The number of hydrogen-bond acceptors (Lipinski definition) is 6. The Bertz CT molecular complexity index is 1030. The number of para-hydroxylation sites is 1. The van der Waals surface area contributed by atoms with Crippen LogP contribution in [0.3, 0.4) is 0 Å². The van der Waals surface area contributed by atoms with Crippen LogP contribution in [0.25, 0.3) is 6.08 Å². The third-order valence-electron chi connectivity index (χ3n) is 4.59. The van der Waals surface area contributed by atoms with E-state index < -0.39 is 15.9 Å². The third kappa shape index (κ3) is 4.99. The summed E-state index contributed by atoms with van der Waals surface area (Å²) in [6, 6.07) is 11.7. The molecule has 8 nitrogen and oxygen atoms in total. The van der Waals surface area contributed by atoms with Gasteiger partial charge in [-0.25, -0.2) is 8.42 Å². The third-order valence-corrected chi connectivity index (χ3v) is 6.48. The van der Waals surface area contributed by atoms with E-state index in [1.54, 1.807) is 19.3 Å². The lowest BCUT2D eigenvalue weighted by atomic mass is 10.2. The zero-order valence-electron chi connectivity index (χ0n) is 16.8. The molecule has 0 unspecified atom stereocenters. The minimum absolute atomic E-state index is 0.0780. The number of morpholine rings is 1. The van der Waals surface area contributed by atoms with Crippen molar-refractivity contribution in [3.05, 3.63) is 54.1 Å². The lowest BCUT2D eigenvalue weighted by Crippen LogP contribution is -2.40. The molecule has 0 bridgehead atoms. The summed E-state index contributed by atoms with van der Waals surface area (Å²) >= 11 is 0. The number of amides is 1. The van der Waals surface area contributed by atoms with E-state index in [1.165, 1.54) is 35.7 Å². The number of anilines is 1. The number of rotatable bonds is 7. The highest BCUT2D eigenvalue weighted by molar-refractivity contribution is 7.89. The standard InChI is InChI=1S/C21H24N2O6S/c1-27-19-6-4-3-5-16(19)7-10-21(24)22-18-15-17(8-9-20(18)28-2)30(25,26)23-11-13-29-14-12-23/h3-10,15H,11-14H2,1-2H3,(H,22,24)/b10-7-. The molecule has 2 aromatic rings. The molecule has 1 amide bonds. The summed E-state index contributed by atoms with van der Waals surface area (Å²) in [6.07, 6.45) is 2.97. The molecule has 0 radical (unpaired) electrons. The molecule has 2 aromatic carbocycles. The number of carbonyl (C=O) groups is 1. The highest BCUT2D eigenvalue weighted by atomic mass is 32.2. The van der Waals surface area contributed by atoms with Crippen LogP contribution in [0.5, 0.6) is 11.5 Å². The summed E-state index contributed by atoms with van der Waals surface area (Å²) in [5, 5.41) is 2.69. The summed E-state index contributed by atoms with van der Waals surface area (Å²) in [5.41, 5.74) is 1.01. The number of methoxy groups -OCH3 is 2. The molecule has 9 heteroatoms. The second-order valence-electron chi connectivity index (χ2n) is 6.44. The molecule has 0 atom stereocenters. The fourth-order valence-corrected chi connectivity index (χ4v) is 4.46. The maximum absolute atomic E-state index is 12.9. The van der Waals surface area contributed by atoms with Crippen LogP contribution < -0.4 is 14.8 Å². The minimum Gasteiger partial charge on any atom is -0.496 e. The maximum atomic E-state index is 12.9. The summed E-state index contributed by atoms with van der Waals surface area (Å²) in [5.74, 6) is 0.563. The zero-order chi connectivity index (χ0) is 21.6. The van der Waals surface area contributed by atoms with Crippen molar-refractivity contribution < 1.29 is 27.4 Å². The smallest absolute Gasteiger partial charge is 0.248 e. The molecule has 1 aliphatic heterocycles. The maximum Gasteiger partial charge on any atom is 0.248 e. The van der Waals surface area contributed by atoms with Crippen molar-refractivity contribution in [2.45, 2.75) is 4.90 Å². The van der Waals surface area contributed by atoms with Gasteiger partial charge in [-0.15, -0.1) is 0 Å². The van der Waals surface area contributed by atoms with Gasteiger partial charge in [-0.3, -0.25) is 4.79 Å². The summed E-state index contributed by atoms with van der Waals surface area (Å²) in [4.78, 5) is 12.5. The second kappa shape index (κ2) is 9.75. The van der Waals surface area contributed by atoms with Crippen LogP contribution in [0.1, 0.15) is 5.56 Å². The number of ether oxygens (including phenoxy) is 3. The Kier molecular flexibility index (Phi) is 7.09. The van der Waals surface area contributed by atoms with Gasteiger partial charge in [0.25, 0.3) is 0 Å². The summed E-state index contributed by atoms with van der Waals surface area (Å²) in [7, 11) is -0.694. The van der Waals surface area contributed by atoms with Gasteiger partial charge >= 0.3 is 0 Å². The molecule has 0 aliphatic carbocycles. The first-order chi connectivity index (χ1) is 14.5. The number of nitrogens with one attached hydrogen (secondary N) is 1. The number of carbonyl (C=O) groups excluding carboxylic acids is 1. The largest absolute Gasteiger partial charge is 0.496 e. The van der Waals surface area contributed by atoms with Crippen LogP contribution >= 0.6 is 0 Å². The van der Waals surface area contributed by atoms with E-state index >= 15 is 0 Å². The molecule has 1 N–H and O–H groups in total. The van der Waals surface area contributed by atoms with E-state index in [9.17, 15) is 13.2 Å². The van der Waals surface area contributed by atoms with Crippen LogP contribution in [0, 0.1) is 0 Å². The van der Waals surface area contributed by atoms with Crippen molar-refractivity contribution in [1.82, 2.24) is 4.31 Å². The van der Waals surface area contributed by atoms with Gasteiger partial charge in [0.05, 0.1) is 38.0 Å². The molecule has 0 aromatic heterocycles. The SMILES string of the molecule is COc1ccccc1/C=C\C(=O)Nc1cc(S(=O)(=O)N2CCOCC2)ccc1OC. The van der Waals surface area contributed by atoms with Crippen LogP contribution in [0.15, 0.2) is 53.4 Å². The van der Waals surface area contributed by atoms with E-state index in [0.717, 1.165) is 5.56 Å². The first kappa shape index (κ1) is 21.8. The predicted molar refractivity (Wildman–Crippen MR) is 113 cm³/mol. The van der Waals surface area contributed by atoms with E-state index in [0.29, 0.717) is 24.7 Å². The van der Waals surface area contributed by atoms with Crippen LogP contribution in [-0.4, -0.2) is 59.2 Å². The number of hydrogen-bond donors (Lipinski definition) is 1. The van der Waals surface area contributed by atoms with Gasteiger partial charge < -0.3 is 19.5 Å². The van der Waals surface area contributed by atoms with Gasteiger partial charge in [0.15, 0.2) is 0 Å². The Balaban J connectivity index is 1.81. The Morgan fingerprint density at radius 1 is 1.07 bits per heavy atom. The zero-order valence-corrected chi connectivity index (χ0v) is 17.6. The first-order valence-corrected chi connectivity index (χ1v) is 10.8. The molecule has 0 spiro atoms. The highest BCUT2D eigenvalue weighted by Crippen LogP contribution is 2.29. The molecule has 0 saturated carbocycles. The molecule has 30 heavy (non-hydrogen) atoms. The number of nitrogens with zero attached hydrogens (tertiary/aromatic N) is 1. The van der Waals surface area contributed by atoms with Gasteiger partial charge in [-0.1, -0.05) is 18.2 Å². The van der Waals surface area contributed by atoms with Gasteiger partial charge in [-0.2, -0.15) is 4.31 Å². The normalized spacial score (nSPS) is 15.1. The predicted octanol–water partition coefficient (Wildman–Crippen LogP) is 2.38. The monoisotopic (exact) mass is 432 g/mol. The fourth-order valence-electron chi connectivity index (χ4n) is 3.03. The Morgan fingerprint density at radius 2 is 1.77 bits per heavy atom. The second-order valence-corrected chi connectivity index (χ2v) is 8.38. The van der Waals surface area contributed by atoms with Crippen LogP contribution in [-0.2, 0) is 19.6 Å². The van der Waals surface area contributed by atoms with E-state index in [1.807, 2.05) is 18.2 Å². The van der Waals surface area contributed by atoms with Gasteiger partial charge in [0.1, 0.15) is 11.5 Å². The molecule has 3 rings (SSSR count). The number of sulfonamides is 1. The van der Waals surface area contributed by atoms with Crippen molar-refractivity contribution >= 4 is 27.7 Å². The van der Waals surface area contributed by atoms with Gasteiger partial charge in [0, 0.05) is 24.7 Å². The van der Waals surface area contributed by atoms with E-state index in [-0.39, 0.29) is 23.7 Å². The molecule has 1 saturated heterocycles. The first-order valence-electron chi connectivity index (χ1n) is 9.33. The quantitative estimate of drug-likeness (QED) is 0.675. The Morgan fingerprint density at radius 3 is 2.47 bits per heavy atom. The fraction of sp³-hybridized carbons (Fsp3) is 0.286. The van der Waals surface area contributed by atoms with Crippen molar-refractivity contribution in [2.24, 2.45) is 0 Å². The molecule has 160 valence electrons. The lowest BCUT2D eigenvalue weighted by Gasteiger charge is -2.26. The summed E-state index contributed by atoms with van der Waals surface area (Å²) < 4.78 is 42.9. The Labute approximate surface area is 176 Å². The molecular weight excluding hydrogens is 408 g/mol. The topological polar surface area (TPSA) is 94.2 Å². The average Bonchev–Trinajstić information content (AvgIpc) is 2.78. The van der Waals surface area contributed by atoms with Crippen molar-refractivity contribution in [3.8, 4) is 11.5 Å². The van der Waals surface area contributed by atoms with E-state index in [4.69, 9.17) is 14.2 Å². The summed E-state index contributed by atoms with van der Waals surface area (Å²) in [6.45, 7) is 1.29. The lowest BCUT2D eigenvalue weighted by molar-refractivity contribution is -0.111. The molecular formula is C21H24N2O6S. The molecule has 1 fully saturated rings. The van der Waals surface area contributed by atoms with Crippen molar-refractivity contribution in [2.75, 3.05) is 45.8 Å². The van der Waals surface area contributed by atoms with Crippen molar-refractivity contribution in [3.63, 3.8) is 0 Å². The van der Waals surface area contributed by atoms with Crippen LogP contribution in [0.4, 0.5) is 5.69 Å². The molecule has 1 aliphatic rings. The van der Waals surface area contributed by atoms with Crippen LogP contribution in [0.2, 0.25) is 0 Å². The molecule has 1 heterocycles. The Hall–Kier alpha value is -2.88. The van der Waals surface area contributed by atoms with Crippen molar-refractivity contribution in [1.29, 1.82) is 0 Å². The van der Waals surface area contributed by atoms with Gasteiger partial charge in [0.2, 0.25) is 15.9 Å². The highest BCUT2D eigenvalue weighted by Gasteiger charge is 2.27.